The highest BCUT2D eigenvalue weighted by Gasteiger charge is 2.49. The lowest BCUT2D eigenvalue weighted by molar-refractivity contribution is -0.158. The van der Waals surface area contributed by atoms with Gasteiger partial charge >= 0.3 is 0 Å². The van der Waals surface area contributed by atoms with E-state index < -0.39 is 18.2 Å². The number of amides is 2. The number of carbonyl (C=O) groups excluding carboxylic acids is 2. The number of hydrogen-bond donors (Lipinski definition) is 1. The molecule has 2 aliphatic heterocycles. The summed E-state index contributed by atoms with van der Waals surface area (Å²) < 4.78 is 0. The third kappa shape index (κ3) is 2.52. The monoisotopic (exact) mass is 300 g/mol. The van der Waals surface area contributed by atoms with E-state index in [1.807, 2.05) is 30.3 Å². The molecule has 1 aromatic rings. The number of nitrogens with zero attached hydrogens (tertiary/aromatic N) is 2. The van der Waals surface area contributed by atoms with E-state index in [0.29, 0.717) is 19.4 Å². The molecule has 1 unspecified atom stereocenters. The van der Waals surface area contributed by atoms with Gasteiger partial charge in [-0.05, 0) is 5.56 Å². The summed E-state index contributed by atoms with van der Waals surface area (Å²) in [6, 6.07) is 8.63. The Morgan fingerprint density at radius 2 is 1.95 bits per heavy atom. The Morgan fingerprint density at radius 3 is 2.64 bits per heavy atom. The summed E-state index contributed by atoms with van der Waals surface area (Å²) in [5, 5.41) is 9.80. The minimum Gasteiger partial charge on any atom is -0.391 e. The minimum atomic E-state index is -0.612. The number of hydrogen-bond acceptors (Lipinski definition) is 3. The molecule has 1 N–H and O–H groups in total. The van der Waals surface area contributed by atoms with Crippen LogP contribution in [-0.2, 0) is 16.0 Å². The van der Waals surface area contributed by atoms with Gasteiger partial charge in [0, 0.05) is 25.9 Å². The van der Waals surface area contributed by atoms with Gasteiger partial charge in [0.2, 0.25) is 11.8 Å². The highest BCUT2D eigenvalue weighted by atomic mass is 16.3. The highest BCUT2D eigenvalue weighted by Crippen LogP contribution is 2.28. The molecule has 5 heteroatoms. The third-order valence-corrected chi connectivity index (χ3v) is 4.39. The van der Waals surface area contributed by atoms with Crippen molar-refractivity contribution in [1.29, 1.82) is 0 Å². The second kappa shape index (κ2) is 5.93. The van der Waals surface area contributed by atoms with Crippen LogP contribution in [0.5, 0.6) is 0 Å². The van der Waals surface area contributed by atoms with Crippen molar-refractivity contribution in [1.82, 2.24) is 9.80 Å². The molecule has 22 heavy (non-hydrogen) atoms. The van der Waals surface area contributed by atoms with Gasteiger partial charge in [-0.25, -0.2) is 0 Å². The van der Waals surface area contributed by atoms with Gasteiger partial charge in [-0.3, -0.25) is 9.59 Å². The molecule has 2 aliphatic rings. The van der Waals surface area contributed by atoms with Crippen LogP contribution < -0.4 is 0 Å². The summed E-state index contributed by atoms with van der Waals surface area (Å²) in [7, 11) is 0. The molecule has 2 saturated heterocycles. The molecule has 3 rings (SSSR count). The van der Waals surface area contributed by atoms with Gasteiger partial charge in [0.25, 0.3) is 0 Å². The van der Waals surface area contributed by atoms with Gasteiger partial charge in [-0.15, -0.1) is 6.58 Å². The molecule has 0 bridgehead atoms. The van der Waals surface area contributed by atoms with Crippen LogP contribution in [-0.4, -0.2) is 58.0 Å². The lowest BCUT2D eigenvalue weighted by Gasteiger charge is -2.41. The zero-order valence-corrected chi connectivity index (χ0v) is 12.4. The summed E-state index contributed by atoms with van der Waals surface area (Å²) in [5.74, 6) is -0.163. The van der Waals surface area contributed by atoms with Gasteiger partial charge in [-0.2, -0.15) is 0 Å². The lowest BCUT2D eigenvalue weighted by atomic mass is 9.98. The average molecular weight is 300 g/mol. The Hall–Kier alpha value is -2.14. The average Bonchev–Trinajstić information content (AvgIpc) is 2.92. The first kappa shape index (κ1) is 14.8. The molecule has 0 radical (unpaired) electrons. The van der Waals surface area contributed by atoms with Gasteiger partial charge in [-0.1, -0.05) is 36.4 Å². The summed E-state index contributed by atoms with van der Waals surface area (Å²) in [6.45, 7) is 4.29. The fourth-order valence-electron chi connectivity index (χ4n) is 3.35. The summed E-state index contributed by atoms with van der Waals surface area (Å²) in [5.41, 5.74) is 1.01. The number of fused-ring (bicyclic) bond motifs is 1. The maximum Gasteiger partial charge on any atom is 0.246 e. The predicted molar refractivity (Wildman–Crippen MR) is 82.0 cm³/mol. The summed E-state index contributed by atoms with van der Waals surface area (Å²) in [6.07, 6.45) is 1.85. The molecule has 0 spiro atoms. The number of aliphatic hydroxyl groups excluding tert-OH is 1. The Bertz CT molecular complexity index is 587. The van der Waals surface area contributed by atoms with Crippen molar-refractivity contribution in [3.05, 3.63) is 48.6 Å². The molecule has 3 atom stereocenters. The molecular formula is C17H20N2O3. The molecule has 0 saturated carbocycles. The normalized spacial score (nSPS) is 28.0. The molecule has 116 valence electrons. The highest BCUT2D eigenvalue weighted by molar-refractivity contribution is 5.97. The van der Waals surface area contributed by atoms with E-state index in [1.165, 1.54) is 0 Å². The Kier molecular flexibility index (Phi) is 3.98. The fourth-order valence-corrected chi connectivity index (χ4v) is 3.35. The first-order valence-electron chi connectivity index (χ1n) is 7.55. The molecule has 1 aromatic carbocycles. The maximum absolute atomic E-state index is 12.8. The number of piperazine rings is 1. The first-order chi connectivity index (χ1) is 10.6. The van der Waals surface area contributed by atoms with Crippen LogP contribution in [0.4, 0.5) is 0 Å². The van der Waals surface area contributed by atoms with Crippen LogP contribution in [0.2, 0.25) is 0 Å². The fraction of sp³-hybridized carbons (Fsp3) is 0.412. The lowest BCUT2D eigenvalue weighted by Crippen LogP contribution is -2.63. The predicted octanol–water partition coefficient (Wildman–Crippen LogP) is 0.588. The van der Waals surface area contributed by atoms with E-state index in [1.54, 1.807) is 15.9 Å². The van der Waals surface area contributed by atoms with Crippen molar-refractivity contribution in [2.45, 2.75) is 31.0 Å². The quantitative estimate of drug-likeness (QED) is 0.828. The second-order valence-corrected chi connectivity index (χ2v) is 5.88. The van der Waals surface area contributed by atoms with Gasteiger partial charge in [0.05, 0.1) is 6.10 Å². The van der Waals surface area contributed by atoms with Crippen molar-refractivity contribution in [2.75, 3.05) is 13.1 Å². The molecule has 2 heterocycles. The Labute approximate surface area is 129 Å². The van der Waals surface area contributed by atoms with E-state index >= 15 is 0 Å². The third-order valence-electron chi connectivity index (χ3n) is 4.39. The molecule has 2 amide bonds. The number of carbonyl (C=O) groups is 2. The van der Waals surface area contributed by atoms with E-state index in [9.17, 15) is 14.7 Å². The zero-order valence-electron chi connectivity index (χ0n) is 12.4. The number of rotatable bonds is 4. The van der Waals surface area contributed by atoms with Crippen molar-refractivity contribution >= 4 is 11.8 Å². The van der Waals surface area contributed by atoms with Crippen molar-refractivity contribution < 1.29 is 14.7 Å². The standard InChI is InChI=1S/C17H20N2O3/c1-2-8-18-14(9-12-6-4-3-5-7-12)17(22)19-11-13(20)10-15(19)16(18)21/h2-7,13-15,20H,1,8-11H2/t13-,14-,15?/m1/s1. The molecule has 2 fully saturated rings. The van der Waals surface area contributed by atoms with E-state index in [4.69, 9.17) is 0 Å². The van der Waals surface area contributed by atoms with Crippen LogP contribution in [0.1, 0.15) is 12.0 Å². The van der Waals surface area contributed by atoms with Gasteiger partial charge in [0.1, 0.15) is 12.1 Å². The van der Waals surface area contributed by atoms with Crippen LogP contribution >= 0.6 is 0 Å². The van der Waals surface area contributed by atoms with Gasteiger partial charge in [0.15, 0.2) is 0 Å². The zero-order chi connectivity index (χ0) is 15.7. The van der Waals surface area contributed by atoms with Crippen LogP contribution in [0, 0.1) is 0 Å². The summed E-state index contributed by atoms with van der Waals surface area (Å²) in [4.78, 5) is 28.6. The molecule has 0 aliphatic carbocycles. The van der Waals surface area contributed by atoms with Crippen molar-refractivity contribution in [2.24, 2.45) is 0 Å². The molecule has 0 aromatic heterocycles. The Balaban J connectivity index is 1.89. The smallest absolute Gasteiger partial charge is 0.246 e. The van der Waals surface area contributed by atoms with E-state index in [0.717, 1.165) is 5.56 Å². The van der Waals surface area contributed by atoms with Crippen molar-refractivity contribution in [3.63, 3.8) is 0 Å². The van der Waals surface area contributed by atoms with Crippen molar-refractivity contribution in [3.8, 4) is 0 Å². The Morgan fingerprint density at radius 1 is 1.23 bits per heavy atom. The SMILES string of the molecule is C=CCN1C(=O)C2C[C@@H](O)CN2C(=O)[C@H]1Cc1ccccc1. The van der Waals surface area contributed by atoms with Crippen LogP contribution in [0.3, 0.4) is 0 Å². The van der Waals surface area contributed by atoms with Crippen LogP contribution in [0.25, 0.3) is 0 Å². The molecule has 5 nitrogen and oxygen atoms in total. The van der Waals surface area contributed by atoms with E-state index in [2.05, 4.69) is 6.58 Å². The first-order valence-corrected chi connectivity index (χ1v) is 7.55. The molecular weight excluding hydrogens is 280 g/mol. The largest absolute Gasteiger partial charge is 0.391 e. The topological polar surface area (TPSA) is 60.9 Å². The van der Waals surface area contributed by atoms with Gasteiger partial charge < -0.3 is 14.9 Å². The maximum atomic E-state index is 12.8. The number of benzene rings is 1. The minimum absolute atomic E-state index is 0.0770. The summed E-state index contributed by atoms with van der Waals surface area (Å²) >= 11 is 0. The van der Waals surface area contributed by atoms with Crippen LogP contribution in [0.15, 0.2) is 43.0 Å². The number of aliphatic hydroxyl groups is 1. The van der Waals surface area contributed by atoms with E-state index in [-0.39, 0.29) is 18.4 Å². The second-order valence-electron chi connectivity index (χ2n) is 5.88.